The number of carbonyl (C=O) groups is 1. The summed E-state index contributed by atoms with van der Waals surface area (Å²) in [5.41, 5.74) is 7.52. The van der Waals surface area contributed by atoms with Crippen molar-refractivity contribution in [2.75, 3.05) is 27.1 Å². The Hall–Kier alpha value is -5.88. The number of thioether (sulfide) groups is 1. The number of rotatable bonds is 12. The number of amides is 1. The number of aromatic nitrogens is 5. The molecule has 11 nitrogen and oxygen atoms in total. The van der Waals surface area contributed by atoms with Crippen molar-refractivity contribution in [3.63, 3.8) is 0 Å². The average molecular weight is 646 g/mol. The number of methoxy groups -OCH3 is 3. The highest BCUT2D eigenvalue weighted by Gasteiger charge is 2.21. The second kappa shape index (κ2) is 14.5. The largest absolute Gasteiger partial charge is 0.493 e. The predicted molar refractivity (Wildman–Crippen MR) is 182 cm³/mol. The number of ether oxygens (including phenoxy) is 3. The van der Waals surface area contributed by atoms with Crippen molar-refractivity contribution in [2.45, 2.75) is 5.16 Å². The van der Waals surface area contributed by atoms with Gasteiger partial charge in [-0.15, -0.1) is 10.2 Å². The maximum absolute atomic E-state index is 13.0. The van der Waals surface area contributed by atoms with Crippen molar-refractivity contribution >= 4 is 23.9 Å². The topological polar surface area (TPSA) is 118 Å². The summed E-state index contributed by atoms with van der Waals surface area (Å²) in [6.45, 7) is 0. The molecule has 236 valence electrons. The first kappa shape index (κ1) is 31.1. The van der Waals surface area contributed by atoms with Crippen LogP contribution in [0.15, 0.2) is 120 Å². The number of carbonyl (C=O) groups excluding carboxylic acids is 1. The molecule has 0 atom stereocenters. The van der Waals surface area contributed by atoms with Crippen LogP contribution in [0.5, 0.6) is 17.2 Å². The maximum Gasteiger partial charge on any atom is 0.250 e. The summed E-state index contributed by atoms with van der Waals surface area (Å²) >= 11 is 1.24. The van der Waals surface area contributed by atoms with Crippen LogP contribution in [0.2, 0.25) is 0 Å². The summed E-state index contributed by atoms with van der Waals surface area (Å²) in [6.07, 6.45) is 3.49. The number of para-hydroxylation sites is 2. The molecule has 4 aromatic carbocycles. The molecule has 0 aliphatic heterocycles. The van der Waals surface area contributed by atoms with Crippen molar-refractivity contribution in [2.24, 2.45) is 5.10 Å². The van der Waals surface area contributed by atoms with E-state index in [-0.39, 0.29) is 11.7 Å². The fourth-order valence-corrected chi connectivity index (χ4v) is 5.67. The zero-order chi connectivity index (χ0) is 32.6. The summed E-state index contributed by atoms with van der Waals surface area (Å²) in [4.78, 5) is 13.0. The van der Waals surface area contributed by atoms with E-state index in [1.807, 2.05) is 114 Å². The third kappa shape index (κ3) is 6.87. The fourth-order valence-electron chi connectivity index (χ4n) is 4.92. The first-order valence-corrected chi connectivity index (χ1v) is 15.5. The lowest BCUT2D eigenvalue weighted by Crippen LogP contribution is -2.20. The number of nitrogens with zero attached hydrogens (tertiary/aromatic N) is 6. The van der Waals surface area contributed by atoms with E-state index < -0.39 is 0 Å². The molecular weight excluding hydrogens is 614 g/mol. The second-order valence-electron chi connectivity index (χ2n) is 10.1. The predicted octanol–water partition coefficient (Wildman–Crippen LogP) is 6.06. The lowest BCUT2D eigenvalue weighted by Gasteiger charge is -2.15. The van der Waals surface area contributed by atoms with Crippen LogP contribution < -0.4 is 19.6 Å². The maximum atomic E-state index is 13.0. The summed E-state index contributed by atoms with van der Waals surface area (Å²) in [5.74, 6) is 1.73. The van der Waals surface area contributed by atoms with Gasteiger partial charge in [-0.3, -0.25) is 9.36 Å². The molecule has 0 radical (unpaired) electrons. The standard InChI is InChI=1S/C35H31N7O4S/c1-44-29-19-25(20-30(45-2)33(29)46-3)34-38-39-35(42(34)28-17-11-6-12-18-28)47-23-31(43)37-36-21-26-22-41(27-15-9-5-10-16-27)40-32(26)24-13-7-4-8-14-24/h4-22H,23H2,1-3H3,(H,37,43)/b36-21+. The SMILES string of the molecule is COc1cc(-c2nnc(SCC(=O)N/N=C/c3cn(-c4ccccc4)nc3-c3ccccc3)n2-c2ccccc2)cc(OC)c1OC. The summed E-state index contributed by atoms with van der Waals surface area (Å²) in [7, 11) is 4.67. The molecule has 2 aromatic heterocycles. The van der Waals surface area contributed by atoms with Gasteiger partial charge in [0.2, 0.25) is 5.75 Å². The van der Waals surface area contributed by atoms with E-state index in [0.29, 0.717) is 33.8 Å². The molecule has 12 heteroatoms. The number of benzene rings is 4. The van der Waals surface area contributed by atoms with Gasteiger partial charge in [0.1, 0.15) is 5.69 Å². The van der Waals surface area contributed by atoms with E-state index in [9.17, 15) is 4.79 Å². The molecule has 6 aromatic rings. The second-order valence-corrected chi connectivity index (χ2v) is 11.0. The van der Waals surface area contributed by atoms with Gasteiger partial charge in [0, 0.05) is 28.6 Å². The zero-order valence-corrected chi connectivity index (χ0v) is 26.7. The summed E-state index contributed by atoms with van der Waals surface area (Å²) in [6, 6.07) is 32.9. The van der Waals surface area contributed by atoms with E-state index in [4.69, 9.17) is 19.3 Å². The number of hydrogen-bond acceptors (Lipinski definition) is 9. The Morgan fingerprint density at radius 3 is 2.04 bits per heavy atom. The summed E-state index contributed by atoms with van der Waals surface area (Å²) < 4.78 is 20.3. The van der Waals surface area contributed by atoms with Gasteiger partial charge in [-0.1, -0.05) is 78.5 Å². The molecule has 0 bridgehead atoms. The minimum absolute atomic E-state index is 0.0480. The molecule has 47 heavy (non-hydrogen) atoms. The normalized spacial score (nSPS) is 11.0. The Kier molecular flexibility index (Phi) is 9.59. The number of hydrogen-bond donors (Lipinski definition) is 1. The molecule has 0 aliphatic rings. The fraction of sp³-hybridized carbons (Fsp3) is 0.114. The highest BCUT2D eigenvalue weighted by atomic mass is 32.2. The average Bonchev–Trinajstić information content (AvgIpc) is 3.76. The molecule has 0 saturated heterocycles. The minimum atomic E-state index is -0.306. The zero-order valence-electron chi connectivity index (χ0n) is 25.9. The molecular formula is C35H31N7O4S. The smallest absolute Gasteiger partial charge is 0.250 e. The van der Waals surface area contributed by atoms with E-state index in [1.165, 1.54) is 11.8 Å². The third-order valence-electron chi connectivity index (χ3n) is 7.11. The van der Waals surface area contributed by atoms with Crippen molar-refractivity contribution in [3.05, 3.63) is 115 Å². The van der Waals surface area contributed by atoms with Crippen LogP contribution >= 0.6 is 11.8 Å². The van der Waals surface area contributed by atoms with Crippen LogP contribution in [0.1, 0.15) is 5.56 Å². The van der Waals surface area contributed by atoms with Crippen molar-refractivity contribution in [1.29, 1.82) is 0 Å². The van der Waals surface area contributed by atoms with Crippen LogP contribution in [0.3, 0.4) is 0 Å². The molecule has 2 heterocycles. The Morgan fingerprint density at radius 1 is 0.809 bits per heavy atom. The lowest BCUT2D eigenvalue weighted by atomic mass is 10.1. The van der Waals surface area contributed by atoms with Gasteiger partial charge in [-0.2, -0.15) is 10.2 Å². The molecule has 0 unspecified atom stereocenters. The number of hydrazone groups is 1. The van der Waals surface area contributed by atoms with Gasteiger partial charge in [0.05, 0.1) is 39.0 Å². The molecule has 0 fully saturated rings. The van der Waals surface area contributed by atoms with Gasteiger partial charge in [0.25, 0.3) is 5.91 Å². The molecule has 0 saturated carbocycles. The first-order valence-electron chi connectivity index (χ1n) is 14.6. The first-order chi connectivity index (χ1) is 23.1. The highest BCUT2D eigenvalue weighted by molar-refractivity contribution is 7.99. The molecule has 0 aliphatic carbocycles. The van der Waals surface area contributed by atoms with Crippen molar-refractivity contribution in [1.82, 2.24) is 30.0 Å². The molecule has 1 amide bonds. The van der Waals surface area contributed by atoms with Crippen LogP contribution in [0, 0.1) is 0 Å². The van der Waals surface area contributed by atoms with E-state index in [0.717, 1.165) is 28.2 Å². The van der Waals surface area contributed by atoms with E-state index >= 15 is 0 Å². The van der Waals surface area contributed by atoms with Gasteiger partial charge in [-0.05, 0) is 36.4 Å². The quantitative estimate of drug-likeness (QED) is 0.0971. The van der Waals surface area contributed by atoms with Crippen molar-refractivity contribution < 1.29 is 19.0 Å². The number of nitrogens with one attached hydrogen (secondary N) is 1. The molecule has 1 N–H and O–H groups in total. The Bertz CT molecular complexity index is 1970. The molecule has 0 spiro atoms. The van der Waals surface area contributed by atoms with Gasteiger partial charge < -0.3 is 14.2 Å². The molecule has 6 rings (SSSR count). The summed E-state index contributed by atoms with van der Waals surface area (Å²) in [5, 5.41) is 18.5. The van der Waals surface area contributed by atoms with Gasteiger partial charge >= 0.3 is 0 Å². The van der Waals surface area contributed by atoms with E-state index in [1.54, 1.807) is 32.2 Å². The lowest BCUT2D eigenvalue weighted by molar-refractivity contribution is -0.118. The van der Waals surface area contributed by atoms with Crippen LogP contribution in [0.4, 0.5) is 0 Å². The Morgan fingerprint density at radius 2 is 1.43 bits per heavy atom. The van der Waals surface area contributed by atoms with Gasteiger partial charge in [-0.25, -0.2) is 10.1 Å². The Labute approximate surface area is 275 Å². The minimum Gasteiger partial charge on any atom is -0.493 e. The van der Waals surface area contributed by atoms with Crippen LogP contribution in [-0.4, -0.2) is 63.7 Å². The van der Waals surface area contributed by atoms with Gasteiger partial charge in [0.15, 0.2) is 22.5 Å². The van der Waals surface area contributed by atoms with Crippen molar-refractivity contribution in [3.8, 4) is 51.3 Å². The monoisotopic (exact) mass is 645 g/mol. The van der Waals surface area contributed by atoms with Crippen LogP contribution in [0.25, 0.3) is 34.0 Å². The third-order valence-corrected chi connectivity index (χ3v) is 8.04. The van der Waals surface area contributed by atoms with Crippen LogP contribution in [-0.2, 0) is 4.79 Å². The Balaban J connectivity index is 1.22. The highest BCUT2D eigenvalue weighted by Crippen LogP contribution is 2.41. The van der Waals surface area contributed by atoms with E-state index in [2.05, 4.69) is 20.7 Å².